The highest BCUT2D eigenvalue weighted by molar-refractivity contribution is 5.96. The Labute approximate surface area is 151 Å². The van der Waals surface area contributed by atoms with Gasteiger partial charge in [0.05, 0.1) is 12.7 Å². The first-order valence-electron chi connectivity index (χ1n) is 7.84. The summed E-state index contributed by atoms with van der Waals surface area (Å²) in [6.07, 6.45) is 0. The minimum absolute atomic E-state index is 0.226. The predicted molar refractivity (Wildman–Crippen MR) is 96.3 cm³/mol. The van der Waals surface area contributed by atoms with Gasteiger partial charge in [-0.1, -0.05) is 0 Å². The van der Waals surface area contributed by atoms with Crippen molar-refractivity contribution < 1.29 is 23.9 Å². The smallest absolute Gasteiger partial charge is 0.338 e. The highest BCUT2D eigenvalue weighted by atomic mass is 16.5. The molecule has 0 aliphatic heterocycles. The van der Waals surface area contributed by atoms with Crippen LogP contribution in [-0.4, -0.2) is 31.5 Å². The summed E-state index contributed by atoms with van der Waals surface area (Å²) >= 11 is 0. The van der Waals surface area contributed by atoms with Gasteiger partial charge in [0.25, 0.3) is 5.91 Å². The number of benzene rings is 2. The van der Waals surface area contributed by atoms with Crippen LogP contribution in [0.25, 0.3) is 0 Å². The number of aryl methyl sites for hydroxylation is 1. The van der Waals surface area contributed by atoms with Crippen molar-refractivity contribution in [3.8, 4) is 5.75 Å². The second-order valence-electron chi connectivity index (χ2n) is 5.68. The summed E-state index contributed by atoms with van der Waals surface area (Å²) in [5.74, 6) is -0.957. The third-order valence-electron chi connectivity index (χ3n) is 3.87. The molecule has 0 unspecified atom stereocenters. The van der Waals surface area contributed by atoms with Crippen molar-refractivity contribution in [1.82, 2.24) is 0 Å². The van der Waals surface area contributed by atoms with E-state index < -0.39 is 11.9 Å². The molecule has 0 saturated carbocycles. The van der Waals surface area contributed by atoms with E-state index in [1.165, 1.54) is 19.2 Å². The maximum Gasteiger partial charge on any atom is 0.338 e. The minimum Gasteiger partial charge on any atom is -0.484 e. The monoisotopic (exact) mass is 356 g/mol. The van der Waals surface area contributed by atoms with Gasteiger partial charge in [-0.15, -0.1) is 0 Å². The van der Waals surface area contributed by atoms with Gasteiger partial charge in [-0.05, 0) is 61.4 Å². The van der Waals surface area contributed by atoms with Gasteiger partial charge in [0.2, 0.25) is 5.91 Å². The molecule has 0 bridgehead atoms. The second-order valence-corrected chi connectivity index (χ2v) is 5.68. The van der Waals surface area contributed by atoms with E-state index in [-0.39, 0.29) is 12.5 Å². The number of hydrogen-bond acceptors (Lipinski definition) is 5. The molecule has 0 heterocycles. The maximum absolute atomic E-state index is 12.1. The fourth-order valence-corrected chi connectivity index (χ4v) is 2.31. The average molecular weight is 356 g/mol. The number of nitrogens with two attached hydrogens (primary N) is 1. The summed E-state index contributed by atoms with van der Waals surface area (Å²) in [5.41, 5.74) is 8.03. The first kappa shape index (κ1) is 19.0. The van der Waals surface area contributed by atoms with Crippen molar-refractivity contribution in [1.29, 1.82) is 0 Å². The number of primary amides is 1. The SMILES string of the molecule is COC(=O)c1cc(NC(=O)COc2ccc(C(N)=O)cc2)cc(C)c1C. The molecule has 7 nitrogen and oxygen atoms in total. The van der Waals surface area contributed by atoms with E-state index >= 15 is 0 Å². The molecule has 0 fully saturated rings. The van der Waals surface area contributed by atoms with Crippen LogP contribution in [0.5, 0.6) is 5.75 Å². The zero-order chi connectivity index (χ0) is 19.3. The van der Waals surface area contributed by atoms with E-state index in [1.54, 1.807) is 24.3 Å². The summed E-state index contributed by atoms with van der Waals surface area (Å²) in [7, 11) is 1.31. The van der Waals surface area contributed by atoms with E-state index in [9.17, 15) is 14.4 Å². The van der Waals surface area contributed by atoms with Crippen LogP contribution in [0.4, 0.5) is 5.69 Å². The number of hydrogen-bond donors (Lipinski definition) is 2. The van der Waals surface area contributed by atoms with E-state index in [4.69, 9.17) is 15.2 Å². The van der Waals surface area contributed by atoms with E-state index in [0.29, 0.717) is 22.6 Å². The predicted octanol–water partition coefficient (Wildman–Crippen LogP) is 2.21. The Kier molecular flexibility index (Phi) is 5.95. The van der Waals surface area contributed by atoms with Gasteiger partial charge in [0, 0.05) is 11.3 Å². The van der Waals surface area contributed by atoms with Gasteiger partial charge in [-0.3, -0.25) is 9.59 Å². The Hall–Kier alpha value is -3.35. The highest BCUT2D eigenvalue weighted by Gasteiger charge is 2.14. The Morgan fingerprint density at radius 3 is 2.31 bits per heavy atom. The lowest BCUT2D eigenvalue weighted by atomic mass is 10.0. The van der Waals surface area contributed by atoms with E-state index in [2.05, 4.69) is 5.32 Å². The van der Waals surface area contributed by atoms with Crippen LogP contribution >= 0.6 is 0 Å². The summed E-state index contributed by atoms with van der Waals surface area (Å²) in [5, 5.41) is 2.68. The lowest BCUT2D eigenvalue weighted by molar-refractivity contribution is -0.118. The Balaban J connectivity index is 2.02. The van der Waals surface area contributed by atoms with Gasteiger partial charge in [-0.2, -0.15) is 0 Å². The third kappa shape index (κ3) is 4.60. The molecule has 0 atom stereocenters. The van der Waals surface area contributed by atoms with Crippen molar-refractivity contribution in [2.45, 2.75) is 13.8 Å². The normalized spacial score (nSPS) is 10.1. The van der Waals surface area contributed by atoms with Gasteiger partial charge in [0.15, 0.2) is 6.61 Å². The Morgan fingerprint density at radius 2 is 1.73 bits per heavy atom. The number of esters is 1. The molecule has 2 rings (SSSR count). The largest absolute Gasteiger partial charge is 0.484 e. The molecule has 0 aromatic heterocycles. The molecule has 0 radical (unpaired) electrons. The Morgan fingerprint density at radius 1 is 1.08 bits per heavy atom. The fraction of sp³-hybridized carbons (Fsp3) is 0.211. The van der Waals surface area contributed by atoms with E-state index in [1.807, 2.05) is 13.8 Å². The van der Waals surface area contributed by atoms with Crippen LogP contribution in [0.1, 0.15) is 31.8 Å². The molecule has 2 aromatic carbocycles. The molecule has 136 valence electrons. The second kappa shape index (κ2) is 8.15. The first-order valence-corrected chi connectivity index (χ1v) is 7.84. The van der Waals surface area contributed by atoms with Crippen LogP contribution in [0.15, 0.2) is 36.4 Å². The average Bonchev–Trinajstić information content (AvgIpc) is 2.62. The number of rotatable bonds is 6. The van der Waals surface area contributed by atoms with Crippen LogP contribution in [0.2, 0.25) is 0 Å². The molecule has 26 heavy (non-hydrogen) atoms. The number of nitrogens with one attached hydrogen (secondary N) is 1. The minimum atomic E-state index is -0.537. The quantitative estimate of drug-likeness (QED) is 0.772. The molecule has 3 N–H and O–H groups in total. The molecular formula is C19H20N2O5. The topological polar surface area (TPSA) is 108 Å². The van der Waals surface area contributed by atoms with Crippen LogP contribution < -0.4 is 15.8 Å². The highest BCUT2D eigenvalue weighted by Crippen LogP contribution is 2.21. The molecule has 2 aromatic rings. The third-order valence-corrected chi connectivity index (χ3v) is 3.87. The van der Waals surface area contributed by atoms with Gasteiger partial charge >= 0.3 is 5.97 Å². The van der Waals surface area contributed by atoms with Gasteiger partial charge < -0.3 is 20.5 Å². The summed E-state index contributed by atoms with van der Waals surface area (Å²) < 4.78 is 10.1. The fourth-order valence-electron chi connectivity index (χ4n) is 2.31. The van der Waals surface area contributed by atoms with Crippen molar-refractivity contribution in [2.24, 2.45) is 5.73 Å². The number of carbonyl (C=O) groups is 3. The summed E-state index contributed by atoms with van der Waals surface area (Å²) in [6.45, 7) is 3.43. The van der Waals surface area contributed by atoms with Crippen molar-refractivity contribution >= 4 is 23.5 Å². The Bertz CT molecular complexity index is 844. The van der Waals surface area contributed by atoms with Crippen LogP contribution in [0, 0.1) is 13.8 Å². The van der Waals surface area contributed by atoms with Crippen LogP contribution in [0.3, 0.4) is 0 Å². The standard InChI is InChI=1S/C19H20N2O5/c1-11-8-14(9-16(12(11)2)19(24)25-3)21-17(22)10-26-15-6-4-13(5-7-15)18(20)23/h4-9H,10H2,1-3H3,(H2,20,23)(H,21,22). The molecule has 7 heteroatoms. The maximum atomic E-state index is 12.1. The first-order chi connectivity index (χ1) is 12.3. The van der Waals surface area contributed by atoms with Crippen molar-refractivity contribution in [3.05, 3.63) is 58.7 Å². The van der Waals surface area contributed by atoms with Crippen LogP contribution in [-0.2, 0) is 9.53 Å². The number of ether oxygens (including phenoxy) is 2. The molecular weight excluding hydrogens is 336 g/mol. The van der Waals surface area contributed by atoms with Gasteiger partial charge in [-0.25, -0.2) is 4.79 Å². The molecule has 0 spiro atoms. The zero-order valence-electron chi connectivity index (χ0n) is 14.8. The van der Waals surface area contributed by atoms with Crippen molar-refractivity contribution in [2.75, 3.05) is 19.0 Å². The zero-order valence-corrected chi connectivity index (χ0v) is 14.8. The number of amides is 2. The summed E-state index contributed by atoms with van der Waals surface area (Å²) in [4.78, 5) is 34.9. The molecule has 0 aliphatic rings. The molecule has 0 aliphatic carbocycles. The number of anilines is 1. The lowest BCUT2D eigenvalue weighted by Gasteiger charge is -2.12. The molecule has 2 amide bonds. The van der Waals surface area contributed by atoms with Crippen molar-refractivity contribution in [3.63, 3.8) is 0 Å². The number of carbonyl (C=O) groups excluding carboxylic acids is 3. The summed E-state index contributed by atoms with van der Waals surface area (Å²) in [6, 6.07) is 9.47. The lowest BCUT2D eigenvalue weighted by Crippen LogP contribution is -2.20. The number of methoxy groups -OCH3 is 1. The molecule has 0 saturated heterocycles. The van der Waals surface area contributed by atoms with Gasteiger partial charge in [0.1, 0.15) is 5.75 Å². The van der Waals surface area contributed by atoms with E-state index in [0.717, 1.165) is 11.1 Å².